The number of thiazole rings is 1. The molecule has 0 saturated heterocycles. The maximum Gasteiger partial charge on any atom is 0.183 e. The van der Waals surface area contributed by atoms with Gasteiger partial charge in [-0.2, -0.15) is 0 Å². The Morgan fingerprint density at radius 3 is 2.72 bits per heavy atom. The van der Waals surface area contributed by atoms with Gasteiger partial charge >= 0.3 is 0 Å². The molecule has 0 atom stereocenters. The van der Waals surface area contributed by atoms with Gasteiger partial charge in [-0.05, 0) is 22.9 Å². The molecule has 18 heavy (non-hydrogen) atoms. The van der Waals surface area contributed by atoms with Crippen LogP contribution in [0.25, 0.3) is 10.8 Å². The summed E-state index contributed by atoms with van der Waals surface area (Å²) in [6, 6.07) is 14.3. The standard InChI is InChI=1S/C14H10ClNOS/c15-14-16-8-13(18-14)9-17-12-6-5-10-3-1-2-4-11(10)7-12/h1-8H,9H2. The highest BCUT2D eigenvalue weighted by Crippen LogP contribution is 2.23. The molecule has 0 aliphatic carbocycles. The first-order chi connectivity index (χ1) is 8.81. The third kappa shape index (κ3) is 2.47. The molecule has 2 aromatic carbocycles. The summed E-state index contributed by atoms with van der Waals surface area (Å²) in [6.07, 6.45) is 1.74. The van der Waals surface area contributed by atoms with Gasteiger partial charge in [-0.15, -0.1) is 11.3 Å². The predicted molar refractivity (Wildman–Crippen MR) is 75.4 cm³/mol. The summed E-state index contributed by atoms with van der Waals surface area (Å²) in [5.41, 5.74) is 0. The molecule has 2 nitrogen and oxygen atoms in total. The van der Waals surface area contributed by atoms with Crippen LogP contribution in [0.2, 0.25) is 4.47 Å². The van der Waals surface area contributed by atoms with Gasteiger partial charge < -0.3 is 4.74 Å². The Kier molecular flexibility index (Phi) is 3.17. The predicted octanol–water partition coefficient (Wildman–Crippen LogP) is 4.53. The number of aromatic nitrogens is 1. The minimum atomic E-state index is 0.503. The molecule has 0 amide bonds. The van der Waals surface area contributed by atoms with Crippen LogP contribution in [-0.4, -0.2) is 4.98 Å². The molecule has 4 heteroatoms. The van der Waals surface area contributed by atoms with Gasteiger partial charge in [0.15, 0.2) is 4.47 Å². The first-order valence-corrected chi connectivity index (χ1v) is 6.72. The smallest absolute Gasteiger partial charge is 0.183 e. The normalized spacial score (nSPS) is 10.7. The molecule has 0 aliphatic heterocycles. The van der Waals surface area contributed by atoms with Gasteiger partial charge in [0.25, 0.3) is 0 Å². The second-order valence-corrected chi connectivity index (χ2v) is 5.57. The van der Waals surface area contributed by atoms with Crippen LogP contribution in [0.15, 0.2) is 48.7 Å². The van der Waals surface area contributed by atoms with Crippen LogP contribution >= 0.6 is 22.9 Å². The van der Waals surface area contributed by atoms with Crippen LogP contribution in [0.4, 0.5) is 0 Å². The van der Waals surface area contributed by atoms with Crippen molar-refractivity contribution in [1.29, 1.82) is 0 Å². The van der Waals surface area contributed by atoms with Crippen LogP contribution in [-0.2, 0) is 6.61 Å². The van der Waals surface area contributed by atoms with Gasteiger partial charge in [0.2, 0.25) is 0 Å². The van der Waals surface area contributed by atoms with Gasteiger partial charge in [0.05, 0.1) is 4.88 Å². The SMILES string of the molecule is Clc1ncc(COc2ccc3ccccc3c2)s1. The lowest BCUT2D eigenvalue weighted by molar-refractivity contribution is 0.310. The van der Waals surface area contributed by atoms with E-state index in [2.05, 4.69) is 23.2 Å². The van der Waals surface area contributed by atoms with Crippen molar-refractivity contribution < 1.29 is 4.74 Å². The fourth-order valence-electron chi connectivity index (χ4n) is 1.76. The topological polar surface area (TPSA) is 22.1 Å². The largest absolute Gasteiger partial charge is 0.488 e. The summed E-state index contributed by atoms with van der Waals surface area (Å²) in [6.45, 7) is 0.503. The second-order valence-electron chi connectivity index (χ2n) is 3.88. The highest BCUT2D eigenvalue weighted by Gasteiger charge is 2.01. The van der Waals surface area contributed by atoms with E-state index in [9.17, 15) is 0 Å². The molecule has 1 aromatic heterocycles. The Labute approximate surface area is 114 Å². The number of halogens is 1. The molecule has 3 aromatic rings. The van der Waals surface area contributed by atoms with Crippen molar-refractivity contribution in [2.75, 3.05) is 0 Å². The zero-order chi connectivity index (χ0) is 12.4. The lowest BCUT2D eigenvalue weighted by atomic mass is 10.1. The molecular weight excluding hydrogens is 266 g/mol. The molecule has 0 fully saturated rings. The number of rotatable bonds is 3. The van der Waals surface area contributed by atoms with Crippen molar-refractivity contribution in [3.8, 4) is 5.75 Å². The number of hydrogen-bond donors (Lipinski definition) is 0. The summed E-state index contributed by atoms with van der Waals surface area (Å²) >= 11 is 7.21. The highest BCUT2D eigenvalue weighted by molar-refractivity contribution is 7.15. The first-order valence-electron chi connectivity index (χ1n) is 5.53. The molecule has 3 rings (SSSR count). The Balaban J connectivity index is 1.78. The van der Waals surface area contributed by atoms with Gasteiger partial charge in [-0.25, -0.2) is 4.98 Å². The average molecular weight is 276 g/mol. The van der Waals surface area contributed by atoms with E-state index < -0.39 is 0 Å². The van der Waals surface area contributed by atoms with Crippen LogP contribution in [0.5, 0.6) is 5.75 Å². The number of ether oxygens (including phenoxy) is 1. The van der Waals surface area contributed by atoms with E-state index in [1.165, 1.54) is 22.1 Å². The average Bonchev–Trinajstić information content (AvgIpc) is 2.82. The zero-order valence-corrected chi connectivity index (χ0v) is 11.0. The second kappa shape index (κ2) is 4.96. The summed E-state index contributed by atoms with van der Waals surface area (Å²) in [5.74, 6) is 0.859. The Bertz CT molecular complexity index is 680. The van der Waals surface area contributed by atoms with Crippen LogP contribution in [0.1, 0.15) is 4.88 Å². The Hall–Kier alpha value is -1.58. The van der Waals surface area contributed by atoms with Crippen molar-refractivity contribution in [1.82, 2.24) is 4.98 Å². The molecule has 1 heterocycles. The van der Waals surface area contributed by atoms with E-state index in [1.54, 1.807) is 6.20 Å². The molecule has 0 aliphatic rings. The van der Waals surface area contributed by atoms with E-state index in [0.29, 0.717) is 11.1 Å². The maximum atomic E-state index is 5.77. The summed E-state index contributed by atoms with van der Waals surface area (Å²) in [4.78, 5) is 5.00. The van der Waals surface area contributed by atoms with Crippen LogP contribution < -0.4 is 4.74 Å². The molecule has 0 unspecified atom stereocenters. The lowest BCUT2D eigenvalue weighted by Gasteiger charge is -2.05. The molecule has 0 N–H and O–H groups in total. The molecule has 0 bridgehead atoms. The van der Waals surface area contributed by atoms with Gasteiger partial charge in [-0.3, -0.25) is 0 Å². The molecular formula is C14H10ClNOS. The van der Waals surface area contributed by atoms with Crippen molar-refractivity contribution in [3.63, 3.8) is 0 Å². The fourth-order valence-corrected chi connectivity index (χ4v) is 2.65. The zero-order valence-electron chi connectivity index (χ0n) is 9.47. The van der Waals surface area contributed by atoms with Gasteiger partial charge in [-0.1, -0.05) is 41.9 Å². The fraction of sp³-hybridized carbons (Fsp3) is 0.0714. The highest BCUT2D eigenvalue weighted by atomic mass is 35.5. The molecule has 0 saturated carbocycles. The summed E-state index contributed by atoms with van der Waals surface area (Å²) in [5, 5.41) is 2.39. The minimum absolute atomic E-state index is 0.503. The lowest BCUT2D eigenvalue weighted by Crippen LogP contribution is -1.92. The van der Waals surface area contributed by atoms with E-state index in [4.69, 9.17) is 16.3 Å². The third-order valence-corrected chi connectivity index (χ3v) is 3.72. The monoisotopic (exact) mass is 275 g/mol. The van der Waals surface area contributed by atoms with Crippen molar-refractivity contribution in [3.05, 3.63) is 58.0 Å². The Morgan fingerprint density at radius 1 is 1.11 bits per heavy atom. The quantitative estimate of drug-likeness (QED) is 0.701. The van der Waals surface area contributed by atoms with Crippen molar-refractivity contribution in [2.24, 2.45) is 0 Å². The van der Waals surface area contributed by atoms with Crippen LogP contribution in [0, 0.1) is 0 Å². The van der Waals surface area contributed by atoms with E-state index >= 15 is 0 Å². The number of nitrogens with zero attached hydrogens (tertiary/aromatic N) is 1. The number of hydrogen-bond acceptors (Lipinski definition) is 3. The van der Waals surface area contributed by atoms with Gasteiger partial charge in [0.1, 0.15) is 12.4 Å². The Morgan fingerprint density at radius 2 is 1.94 bits per heavy atom. The maximum absolute atomic E-state index is 5.77. The summed E-state index contributed by atoms with van der Waals surface area (Å²) < 4.78 is 6.27. The molecule has 90 valence electrons. The summed E-state index contributed by atoms with van der Waals surface area (Å²) in [7, 11) is 0. The first kappa shape index (κ1) is 11.5. The van der Waals surface area contributed by atoms with E-state index in [-0.39, 0.29) is 0 Å². The number of benzene rings is 2. The molecule has 0 spiro atoms. The van der Waals surface area contributed by atoms with Gasteiger partial charge in [0, 0.05) is 6.20 Å². The van der Waals surface area contributed by atoms with Crippen molar-refractivity contribution in [2.45, 2.75) is 6.61 Å². The number of fused-ring (bicyclic) bond motifs is 1. The third-order valence-electron chi connectivity index (χ3n) is 2.63. The van der Waals surface area contributed by atoms with Crippen LogP contribution in [0.3, 0.4) is 0 Å². The van der Waals surface area contributed by atoms with E-state index in [0.717, 1.165) is 10.6 Å². The minimum Gasteiger partial charge on any atom is -0.488 e. The molecule has 0 radical (unpaired) electrons. The van der Waals surface area contributed by atoms with E-state index in [1.807, 2.05) is 24.3 Å². The van der Waals surface area contributed by atoms with Crippen molar-refractivity contribution >= 4 is 33.7 Å².